The van der Waals surface area contributed by atoms with Crippen LogP contribution in [0.4, 0.5) is 16.4 Å². The number of amides is 1. The van der Waals surface area contributed by atoms with Gasteiger partial charge in [0.2, 0.25) is 0 Å². The van der Waals surface area contributed by atoms with Gasteiger partial charge in [-0.05, 0) is 48.4 Å². The molecule has 2 heterocycles. The first-order valence-corrected chi connectivity index (χ1v) is 11.7. The summed E-state index contributed by atoms with van der Waals surface area (Å²) in [6.45, 7) is 0. The fourth-order valence-corrected chi connectivity index (χ4v) is 6.85. The predicted molar refractivity (Wildman–Crippen MR) is 132 cm³/mol. The molecule has 1 amide bonds. The number of carbonyl (C=O) groups is 1. The molecule has 3 N–H and O–H groups in total. The molecule has 3 aromatic rings. The number of carbonyl (C=O) groups excluding carboxylic acids is 1. The van der Waals surface area contributed by atoms with Gasteiger partial charge in [-0.3, -0.25) is 9.69 Å². The zero-order chi connectivity index (χ0) is 20.8. The lowest BCUT2D eigenvalue weighted by Crippen LogP contribution is -2.22. The number of hydrogen-bond donors (Lipinski definition) is 2. The molecule has 5 rings (SSSR count). The highest BCUT2D eigenvalue weighted by molar-refractivity contribution is 8.24. The Morgan fingerprint density at radius 3 is 2.63 bits per heavy atom. The van der Waals surface area contributed by atoms with Gasteiger partial charge in [0.1, 0.15) is 4.32 Å². The van der Waals surface area contributed by atoms with Crippen molar-refractivity contribution in [3.05, 3.63) is 87.4 Å². The van der Waals surface area contributed by atoms with Gasteiger partial charge in [-0.25, -0.2) is 0 Å². The number of allylic oxidation sites excluding steroid dienone is 1. The minimum Gasteiger partial charge on any atom is -0.390 e. The normalized spacial score (nSPS) is 17.4. The van der Waals surface area contributed by atoms with Crippen molar-refractivity contribution in [2.75, 3.05) is 16.0 Å². The van der Waals surface area contributed by atoms with Gasteiger partial charge >= 0.3 is 0 Å². The maximum Gasteiger partial charge on any atom is 0.258 e. The summed E-state index contributed by atoms with van der Waals surface area (Å²) in [6, 6.07) is 17.2. The van der Waals surface area contributed by atoms with Gasteiger partial charge < -0.3 is 11.1 Å². The molecule has 150 valence electrons. The van der Waals surface area contributed by atoms with E-state index in [0.29, 0.717) is 27.7 Å². The smallest absolute Gasteiger partial charge is 0.258 e. The fourth-order valence-electron chi connectivity index (χ4n) is 3.75. The Kier molecular flexibility index (Phi) is 5.06. The number of thiocarbonyl (C=S) groups is 1. The van der Waals surface area contributed by atoms with Crippen LogP contribution in [0.3, 0.4) is 0 Å². The molecule has 0 spiro atoms. The van der Waals surface area contributed by atoms with Gasteiger partial charge in [-0.2, -0.15) is 0 Å². The third-order valence-electron chi connectivity index (χ3n) is 5.09. The molecule has 2 aliphatic rings. The number of thioether (sulfide) groups is 1. The largest absolute Gasteiger partial charge is 0.390 e. The number of rotatable bonds is 3. The summed E-state index contributed by atoms with van der Waals surface area (Å²) in [4.78, 5) is 16.2. The molecule has 2 aromatic carbocycles. The van der Waals surface area contributed by atoms with Crippen molar-refractivity contribution in [1.82, 2.24) is 0 Å². The van der Waals surface area contributed by atoms with Crippen molar-refractivity contribution < 1.29 is 4.79 Å². The van der Waals surface area contributed by atoms with E-state index in [1.807, 2.05) is 18.2 Å². The highest BCUT2D eigenvalue weighted by Gasteiger charge is 2.41. The summed E-state index contributed by atoms with van der Waals surface area (Å²) in [5.41, 5.74) is 10.8. The zero-order valence-electron chi connectivity index (χ0n) is 15.6. The lowest BCUT2D eigenvalue weighted by molar-refractivity contribution is 0.102. The van der Waals surface area contributed by atoms with Crippen molar-refractivity contribution >= 4 is 73.5 Å². The second-order valence-electron chi connectivity index (χ2n) is 6.91. The molecule has 0 radical (unpaired) electrons. The average Bonchev–Trinajstić information content (AvgIpc) is 3.26. The molecule has 1 unspecified atom stereocenters. The van der Waals surface area contributed by atoms with Crippen molar-refractivity contribution in [2.45, 2.75) is 11.7 Å². The molecule has 0 bridgehead atoms. The number of anilines is 3. The molecule has 0 saturated carbocycles. The molecular weight excluding hydrogens is 454 g/mol. The van der Waals surface area contributed by atoms with Crippen molar-refractivity contribution in [1.29, 1.82) is 0 Å². The summed E-state index contributed by atoms with van der Waals surface area (Å²) in [7, 11) is 0. The highest BCUT2D eigenvalue weighted by atomic mass is 35.5. The van der Waals surface area contributed by atoms with Gasteiger partial charge in [-0.15, -0.1) is 11.3 Å². The first-order valence-electron chi connectivity index (χ1n) is 9.26. The SMILES string of the molecule is Nc1sc2c(c1C(=O)Nc1ccc(Cl)cc1)CC=C1C2SC(=S)N1c1ccccc1. The number of hydrogen-bond acceptors (Lipinski definition) is 5. The lowest BCUT2D eigenvalue weighted by atomic mass is 9.97. The average molecular weight is 470 g/mol. The van der Waals surface area contributed by atoms with E-state index in [2.05, 4.69) is 28.4 Å². The topological polar surface area (TPSA) is 58.4 Å². The Labute approximate surface area is 192 Å². The van der Waals surface area contributed by atoms with Gasteiger partial charge in [0.25, 0.3) is 5.91 Å². The fraction of sp³-hybridized carbons (Fsp3) is 0.0909. The maximum atomic E-state index is 13.0. The van der Waals surface area contributed by atoms with Crippen molar-refractivity contribution in [3.8, 4) is 0 Å². The minimum atomic E-state index is -0.199. The van der Waals surface area contributed by atoms with E-state index in [9.17, 15) is 4.79 Å². The van der Waals surface area contributed by atoms with Crippen LogP contribution in [0.15, 0.2) is 66.4 Å². The number of nitrogens with one attached hydrogen (secondary N) is 1. The van der Waals surface area contributed by atoms with Gasteiger partial charge in [0, 0.05) is 27.0 Å². The number of thiophene rings is 1. The summed E-state index contributed by atoms with van der Waals surface area (Å²) < 4.78 is 0.810. The first kappa shape index (κ1) is 19.6. The number of nitrogens with two attached hydrogens (primary N) is 1. The predicted octanol–water partition coefficient (Wildman–Crippen LogP) is 6.26. The third kappa shape index (κ3) is 3.32. The van der Waals surface area contributed by atoms with Crippen LogP contribution in [-0.2, 0) is 6.42 Å². The van der Waals surface area contributed by atoms with Crippen molar-refractivity contribution in [3.63, 3.8) is 0 Å². The molecule has 1 saturated heterocycles. The van der Waals surface area contributed by atoms with E-state index in [4.69, 9.17) is 29.6 Å². The number of nitrogens with zero attached hydrogens (tertiary/aromatic N) is 1. The van der Waals surface area contributed by atoms with E-state index >= 15 is 0 Å². The number of nitrogen functional groups attached to an aromatic ring is 1. The Morgan fingerprint density at radius 1 is 1.17 bits per heavy atom. The van der Waals surface area contributed by atoms with Crippen LogP contribution in [0.2, 0.25) is 5.02 Å². The van der Waals surface area contributed by atoms with E-state index in [0.717, 1.165) is 26.1 Å². The van der Waals surface area contributed by atoms with E-state index in [-0.39, 0.29) is 11.2 Å². The van der Waals surface area contributed by atoms with Crippen molar-refractivity contribution in [2.24, 2.45) is 0 Å². The second kappa shape index (κ2) is 7.74. The molecule has 8 heteroatoms. The molecule has 1 atom stereocenters. The Balaban J connectivity index is 1.47. The molecule has 1 fully saturated rings. The Hall–Kier alpha value is -2.32. The summed E-state index contributed by atoms with van der Waals surface area (Å²) in [5, 5.41) is 4.15. The molecular formula is C22H16ClN3OS3. The Morgan fingerprint density at radius 2 is 1.90 bits per heavy atom. The number of fused-ring (bicyclic) bond motifs is 3. The number of halogens is 1. The van der Waals surface area contributed by atoms with Crippen LogP contribution in [-0.4, -0.2) is 10.2 Å². The summed E-state index contributed by atoms with van der Waals surface area (Å²) >= 11 is 14.7. The number of para-hydroxylation sites is 1. The monoisotopic (exact) mass is 469 g/mol. The molecule has 1 aromatic heterocycles. The van der Waals surface area contributed by atoms with Crippen LogP contribution in [0.1, 0.15) is 26.0 Å². The Bertz CT molecular complexity index is 1190. The van der Waals surface area contributed by atoms with Crippen LogP contribution < -0.4 is 16.0 Å². The van der Waals surface area contributed by atoms with Crippen LogP contribution in [0.5, 0.6) is 0 Å². The van der Waals surface area contributed by atoms with Gasteiger partial charge in [-0.1, -0.05) is 59.9 Å². The second-order valence-corrected chi connectivity index (χ2v) is 10.2. The summed E-state index contributed by atoms with van der Waals surface area (Å²) in [5.74, 6) is -0.199. The van der Waals surface area contributed by atoms with E-state index in [1.165, 1.54) is 11.3 Å². The minimum absolute atomic E-state index is 0.0610. The van der Waals surface area contributed by atoms with Gasteiger partial charge in [0.05, 0.1) is 15.8 Å². The van der Waals surface area contributed by atoms with Crippen LogP contribution in [0.25, 0.3) is 0 Å². The molecule has 30 heavy (non-hydrogen) atoms. The molecule has 1 aliphatic carbocycles. The molecule has 1 aliphatic heterocycles. The van der Waals surface area contributed by atoms with E-state index < -0.39 is 0 Å². The zero-order valence-corrected chi connectivity index (χ0v) is 18.8. The number of benzene rings is 2. The highest BCUT2D eigenvalue weighted by Crippen LogP contribution is 2.54. The molecule has 4 nitrogen and oxygen atoms in total. The van der Waals surface area contributed by atoms with E-state index in [1.54, 1.807) is 36.0 Å². The standard InChI is InChI=1S/C22H16ClN3OS3/c23-12-6-8-13(9-7-12)25-21(27)17-15-10-11-16-19(18(15)29-20(17)24)30-22(28)26(16)14-4-2-1-3-5-14/h1-9,11,19H,10,24H2,(H,25,27). The van der Waals surface area contributed by atoms with Gasteiger partial charge in [0.15, 0.2) is 0 Å². The lowest BCUT2D eigenvalue weighted by Gasteiger charge is -2.24. The van der Waals surface area contributed by atoms with Crippen LogP contribution >= 0.6 is 46.9 Å². The summed E-state index contributed by atoms with van der Waals surface area (Å²) in [6.07, 6.45) is 2.81. The first-order chi connectivity index (χ1) is 14.5. The third-order valence-corrected chi connectivity index (χ3v) is 8.19. The maximum absolute atomic E-state index is 13.0. The van der Waals surface area contributed by atoms with Crippen LogP contribution in [0, 0.1) is 0 Å². The quantitative estimate of drug-likeness (QED) is 0.443.